The number of aliphatic imine (C=N–C) groups is 1. The van der Waals surface area contributed by atoms with Gasteiger partial charge < -0.3 is 0 Å². The van der Waals surface area contributed by atoms with Gasteiger partial charge in [0.1, 0.15) is 5.17 Å². The molecular formula is C10H12ClN3. The largest absolute Gasteiger partial charge is 0.221 e. The van der Waals surface area contributed by atoms with Crippen molar-refractivity contribution in [1.82, 2.24) is 9.78 Å². The molecule has 0 saturated heterocycles. The smallest absolute Gasteiger partial charge is 0.156 e. The molecule has 0 bridgehead atoms. The summed E-state index contributed by atoms with van der Waals surface area (Å²) < 4.78 is 1.85. The zero-order valence-electron chi connectivity index (χ0n) is 8.24. The fraction of sp³-hybridized carbons (Fsp3) is 0.400. The molecular weight excluding hydrogens is 198 g/mol. The van der Waals surface area contributed by atoms with Gasteiger partial charge in [0.2, 0.25) is 0 Å². The van der Waals surface area contributed by atoms with Gasteiger partial charge in [-0.2, -0.15) is 5.10 Å². The van der Waals surface area contributed by atoms with Crippen molar-refractivity contribution < 1.29 is 0 Å². The van der Waals surface area contributed by atoms with E-state index in [4.69, 9.17) is 11.6 Å². The Morgan fingerprint density at radius 2 is 2.29 bits per heavy atom. The number of rotatable bonds is 1. The molecule has 4 heteroatoms. The molecule has 14 heavy (non-hydrogen) atoms. The van der Waals surface area contributed by atoms with E-state index in [1.807, 2.05) is 10.7 Å². The molecule has 1 aliphatic heterocycles. The van der Waals surface area contributed by atoms with Crippen molar-refractivity contribution in [3.63, 3.8) is 0 Å². The van der Waals surface area contributed by atoms with E-state index in [1.54, 1.807) is 6.20 Å². The average Bonchev–Trinajstić information content (AvgIpc) is 2.47. The maximum atomic E-state index is 5.94. The van der Waals surface area contributed by atoms with E-state index < -0.39 is 0 Å². The Balaban J connectivity index is 2.52. The number of hydrogen-bond donors (Lipinski definition) is 0. The van der Waals surface area contributed by atoms with Gasteiger partial charge in [0.25, 0.3) is 0 Å². The SMILES string of the molecule is CC(C)C1=CCC(Cl)=Nc2ccnn21. The highest BCUT2D eigenvalue weighted by Gasteiger charge is 2.13. The topological polar surface area (TPSA) is 30.2 Å². The number of hydrogen-bond acceptors (Lipinski definition) is 2. The lowest BCUT2D eigenvalue weighted by atomic mass is 10.1. The van der Waals surface area contributed by atoms with Gasteiger partial charge >= 0.3 is 0 Å². The molecule has 2 heterocycles. The number of fused-ring (bicyclic) bond motifs is 1. The molecule has 0 N–H and O–H groups in total. The Hall–Kier alpha value is -1.09. The van der Waals surface area contributed by atoms with E-state index in [0.717, 1.165) is 11.5 Å². The minimum absolute atomic E-state index is 0.423. The van der Waals surface area contributed by atoms with Gasteiger partial charge in [0.05, 0.1) is 6.20 Å². The number of allylic oxidation sites excluding steroid dienone is 2. The van der Waals surface area contributed by atoms with E-state index >= 15 is 0 Å². The van der Waals surface area contributed by atoms with Gasteiger partial charge in [-0.15, -0.1) is 0 Å². The van der Waals surface area contributed by atoms with Crippen molar-refractivity contribution in [1.29, 1.82) is 0 Å². The summed E-state index contributed by atoms with van der Waals surface area (Å²) in [7, 11) is 0. The summed E-state index contributed by atoms with van der Waals surface area (Å²) in [5.41, 5.74) is 1.16. The normalized spacial score (nSPS) is 16.0. The Bertz CT molecular complexity index is 401. The summed E-state index contributed by atoms with van der Waals surface area (Å²) in [6.45, 7) is 4.27. The summed E-state index contributed by atoms with van der Waals surface area (Å²) >= 11 is 5.94. The van der Waals surface area contributed by atoms with Gasteiger partial charge in [0.15, 0.2) is 5.82 Å². The standard InChI is InChI=1S/C10H12ClN3/c1-7(2)8-3-4-9(11)13-10-5-6-12-14(8)10/h3,5-7H,4H2,1-2H3. The summed E-state index contributed by atoms with van der Waals surface area (Å²) in [6, 6.07) is 1.86. The van der Waals surface area contributed by atoms with Crippen molar-refractivity contribution in [2.24, 2.45) is 10.9 Å². The fourth-order valence-corrected chi connectivity index (χ4v) is 1.67. The Labute approximate surface area is 88.1 Å². The number of aromatic nitrogens is 2. The minimum atomic E-state index is 0.423. The molecule has 0 unspecified atom stereocenters. The monoisotopic (exact) mass is 209 g/mol. The fourth-order valence-electron chi connectivity index (χ4n) is 1.51. The van der Waals surface area contributed by atoms with Gasteiger partial charge in [-0.05, 0) is 5.92 Å². The average molecular weight is 210 g/mol. The molecule has 1 aromatic heterocycles. The van der Waals surface area contributed by atoms with Gasteiger partial charge in [-0.25, -0.2) is 9.67 Å². The maximum absolute atomic E-state index is 5.94. The molecule has 3 nitrogen and oxygen atoms in total. The van der Waals surface area contributed by atoms with Crippen LogP contribution in [0.5, 0.6) is 0 Å². The molecule has 1 aliphatic rings. The van der Waals surface area contributed by atoms with E-state index in [1.165, 1.54) is 0 Å². The van der Waals surface area contributed by atoms with Gasteiger partial charge in [-0.3, -0.25) is 0 Å². The third kappa shape index (κ3) is 1.60. The first-order valence-electron chi connectivity index (χ1n) is 4.66. The predicted octanol–water partition coefficient (Wildman–Crippen LogP) is 3.05. The highest BCUT2D eigenvalue weighted by Crippen LogP contribution is 2.26. The van der Waals surface area contributed by atoms with E-state index in [-0.39, 0.29) is 0 Å². The molecule has 74 valence electrons. The van der Waals surface area contributed by atoms with Crippen LogP contribution >= 0.6 is 11.6 Å². The van der Waals surface area contributed by atoms with E-state index in [2.05, 4.69) is 30.0 Å². The zero-order valence-corrected chi connectivity index (χ0v) is 8.99. The molecule has 0 saturated carbocycles. The Morgan fingerprint density at radius 1 is 1.50 bits per heavy atom. The molecule has 0 aliphatic carbocycles. The molecule has 1 aromatic rings. The van der Waals surface area contributed by atoms with Crippen LogP contribution in [-0.4, -0.2) is 15.0 Å². The molecule has 0 fully saturated rings. The molecule has 0 aromatic carbocycles. The third-order valence-corrected chi connectivity index (χ3v) is 2.41. The summed E-state index contributed by atoms with van der Waals surface area (Å²) in [4.78, 5) is 4.26. The zero-order chi connectivity index (χ0) is 10.1. The van der Waals surface area contributed by atoms with Crippen LogP contribution in [0, 0.1) is 5.92 Å². The van der Waals surface area contributed by atoms with Crippen molar-refractivity contribution in [3.8, 4) is 0 Å². The molecule has 0 atom stereocenters. The van der Waals surface area contributed by atoms with Crippen LogP contribution in [0.25, 0.3) is 5.70 Å². The third-order valence-electron chi connectivity index (χ3n) is 2.17. The second kappa shape index (κ2) is 3.58. The van der Waals surface area contributed by atoms with Crippen LogP contribution in [-0.2, 0) is 0 Å². The second-order valence-corrected chi connectivity index (χ2v) is 4.01. The molecule has 2 rings (SSSR count). The maximum Gasteiger partial charge on any atom is 0.156 e. The van der Waals surface area contributed by atoms with Crippen molar-refractivity contribution >= 4 is 28.3 Å². The first-order chi connectivity index (χ1) is 6.68. The lowest BCUT2D eigenvalue weighted by Crippen LogP contribution is -2.03. The molecule has 0 amide bonds. The lowest BCUT2D eigenvalue weighted by molar-refractivity contribution is 0.745. The Kier molecular flexibility index (Phi) is 2.42. The van der Waals surface area contributed by atoms with Crippen molar-refractivity contribution in [2.75, 3.05) is 0 Å². The highest BCUT2D eigenvalue weighted by molar-refractivity contribution is 6.65. The molecule has 0 spiro atoms. The predicted molar refractivity (Wildman–Crippen MR) is 58.9 cm³/mol. The van der Waals surface area contributed by atoms with E-state index in [9.17, 15) is 0 Å². The Morgan fingerprint density at radius 3 is 3.00 bits per heavy atom. The van der Waals surface area contributed by atoms with E-state index in [0.29, 0.717) is 17.5 Å². The second-order valence-electron chi connectivity index (χ2n) is 3.58. The molecule has 0 radical (unpaired) electrons. The summed E-state index contributed by atoms with van der Waals surface area (Å²) in [5, 5.41) is 4.85. The quantitative estimate of drug-likeness (QED) is 0.699. The van der Waals surface area contributed by atoms with Crippen LogP contribution in [0.3, 0.4) is 0 Å². The van der Waals surface area contributed by atoms with Crippen LogP contribution in [0.15, 0.2) is 23.3 Å². The number of halogens is 1. The van der Waals surface area contributed by atoms with Gasteiger partial charge in [-0.1, -0.05) is 31.5 Å². The highest BCUT2D eigenvalue weighted by atomic mass is 35.5. The van der Waals surface area contributed by atoms with Crippen molar-refractivity contribution in [2.45, 2.75) is 20.3 Å². The summed E-state index contributed by atoms with van der Waals surface area (Å²) in [6.07, 6.45) is 4.52. The lowest BCUT2D eigenvalue weighted by Gasteiger charge is -2.11. The number of nitrogens with zero attached hydrogens (tertiary/aromatic N) is 3. The summed E-state index contributed by atoms with van der Waals surface area (Å²) in [5.74, 6) is 1.24. The van der Waals surface area contributed by atoms with Crippen LogP contribution in [0.4, 0.5) is 5.82 Å². The first-order valence-corrected chi connectivity index (χ1v) is 5.04. The van der Waals surface area contributed by atoms with Crippen molar-refractivity contribution in [3.05, 3.63) is 18.3 Å². The van der Waals surface area contributed by atoms with Gasteiger partial charge in [0, 0.05) is 18.2 Å². The van der Waals surface area contributed by atoms with Crippen LogP contribution in [0.1, 0.15) is 20.3 Å². The minimum Gasteiger partial charge on any atom is -0.221 e. The van der Waals surface area contributed by atoms with Crippen LogP contribution in [0.2, 0.25) is 0 Å². The first kappa shape index (κ1) is 9.46. The van der Waals surface area contributed by atoms with Crippen LogP contribution < -0.4 is 0 Å².